The maximum atomic E-state index is 6.63. The fourth-order valence-electron chi connectivity index (χ4n) is 19.2. The van der Waals surface area contributed by atoms with E-state index in [1.165, 1.54) is 130 Å². The normalized spacial score (nSPS) is 10.9. The molecule has 13 aromatic heterocycles. The number of imidazole rings is 4. The molecule has 725 valence electrons. The molecule has 0 fully saturated rings. The molecular formula is C118H96Ir5N13O2S5-5. The third-order valence-corrected chi connectivity index (χ3v) is 29.7. The van der Waals surface area contributed by atoms with E-state index in [1.807, 2.05) is 134 Å². The van der Waals surface area contributed by atoms with E-state index in [9.17, 15) is 0 Å². The van der Waals surface area contributed by atoms with Gasteiger partial charge < -0.3 is 27.1 Å². The van der Waals surface area contributed by atoms with Crippen molar-refractivity contribution in [2.24, 2.45) is 0 Å². The molecule has 0 atom stereocenters. The van der Waals surface area contributed by atoms with Crippen LogP contribution in [-0.4, -0.2) is 62.9 Å². The first-order chi connectivity index (χ1) is 67.0. The first kappa shape index (κ1) is 105. The van der Waals surface area contributed by atoms with Gasteiger partial charge in [0.1, 0.15) is 12.1 Å². The smallest absolute Gasteiger partial charge is 0.139 e. The van der Waals surface area contributed by atoms with Crippen LogP contribution in [0.4, 0.5) is 0 Å². The number of aryl methyl sites for hydroxylation is 16. The summed E-state index contributed by atoms with van der Waals surface area (Å²) in [6, 6.07) is 90.7. The maximum absolute atomic E-state index is 6.63. The van der Waals surface area contributed by atoms with Gasteiger partial charge in [0.15, 0.2) is 0 Å². The summed E-state index contributed by atoms with van der Waals surface area (Å²) in [6.45, 7) is 34.0. The van der Waals surface area contributed by atoms with Crippen molar-refractivity contribution in [1.29, 1.82) is 0 Å². The summed E-state index contributed by atoms with van der Waals surface area (Å²) in [4.78, 5) is 37.0. The van der Waals surface area contributed by atoms with Crippen molar-refractivity contribution < 1.29 is 109 Å². The third-order valence-electron chi connectivity index (χ3n) is 24.6. The molecule has 24 aromatic rings. The van der Waals surface area contributed by atoms with Crippen LogP contribution in [0.15, 0.2) is 300 Å². The number of hydrogen-bond acceptors (Lipinski definition) is 15. The van der Waals surface area contributed by atoms with Gasteiger partial charge in [-0.05, 0) is 238 Å². The Bertz CT molecular complexity index is 8540. The van der Waals surface area contributed by atoms with Crippen LogP contribution in [0.5, 0.6) is 0 Å². The zero-order chi connectivity index (χ0) is 95.3. The SMILES string of the molecule is Cc1cc(C)c(-n2ccnc2-c2[c-]ccc3c(-c4ccccc4)c(C)sc23)c(C)c1.Cc1cc(C)c(-n2ccnc2-c2[c-]ccc3c(-c4cccs4)c(-c4cccs4)oc23)c(C)c1.Cc1cc(C)c(-n2ccnc2-c2[c-]ccc3cc(-c4cccnc4)sc23)c(C)c1.Cc1cc(C)c(-n2ncnc2-c2[c-]ccc3cc(C)oc23)c(C)c1.Cc1ccc(-n2ccnc2-c2[c-]ccc3nc(C)sc23)cc1.[Ir].[Ir].[Ir].[Ir].[Ir]. The number of nitrogens with zero attached hydrogens (tertiary/aromatic N) is 13. The molecule has 15 nitrogen and oxygen atoms in total. The van der Waals surface area contributed by atoms with Crippen LogP contribution in [-0.2, 0) is 101 Å². The van der Waals surface area contributed by atoms with E-state index in [0.717, 1.165) is 139 Å². The Balaban J connectivity index is 0.000000134. The van der Waals surface area contributed by atoms with Crippen molar-refractivity contribution >= 4 is 109 Å². The first-order valence-corrected chi connectivity index (χ1v) is 49.8. The minimum Gasteiger partial charge on any atom is -0.505 e. The van der Waals surface area contributed by atoms with Crippen molar-refractivity contribution in [3.8, 4) is 128 Å². The quantitative estimate of drug-likeness (QED) is 0.0961. The van der Waals surface area contributed by atoms with Crippen LogP contribution in [0, 0.1) is 141 Å². The van der Waals surface area contributed by atoms with Gasteiger partial charge in [0.25, 0.3) is 0 Å². The fraction of sp³-hybridized carbons (Fsp3) is 0.136. The Morgan fingerprint density at radius 2 is 0.797 bits per heavy atom. The van der Waals surface area contributed by atoms with Crippen molar-refractivity contribution in [3.05, 3.63) is 410 Å². The second-order valence-corrected chi connectivity index (χ2v) is 40.3. The topological polar surface area (TPSA) is 154 Å². The van der Waals surface area contributed by atoms with Crippen molar-refractivity contribution in [2.45, 2.75) is 111 Å². The molecule has 0 saturated carbocycles. The minimum absolute atomic E-state index is 0. The number of rotatable bonds is 14. The molecule has 13 heterocycles. The Morgan fingerprint density at radius 1 is 0.329 bits per heavy atom. The van der Waals surface area contributed by atoms with E-state index >= 15 is 0 Å². The van der Waals surface area contributed by atoms with E-state index < -0.39 is 0 Å². The average Bonchev–Trinajstić information content (AvgIpc) is 1.59. The van der Waals surface area contributed by atoms with Gasteiger partial charge in [-0.1, -0.05) is 192 Å². The van der Waals surface area contributed by atoms with Gasteiger partial charge >= 0.3 is 0 Å². The molecular weight excluding hydrogens is 2750 g/mol. The van der Waals surface area contributed by atoms with Gasteiger partial charge in [0.05, 0.1) is 61.6 Å². The second-order valence-electron chi connectivity index (χ2n) is 34.9. The first-order valence-electron chi connectivity index (χ1n) is 45.6. The van der Waals surface area contributed by atoms with E-state index in [1.54, 1.807) is 57.9 Å². The average molecular weight is 2850 g/mol. The molecule has 143 heavy (non-hydrogen) atoms. The number of thiazole rings is 1. The monoisotopic (exact) mass is 2850 g/mol. The zero-order valence-corrected chi connectivity index (χ0v) is 97.1. The number of furan rings is 2. The zero-order valence-electron chi connectivity index (χ0n) is 81.1. The van der Waals surface area contributed by atoms with Crippen LogP contribution >= 0.6 is 56.7 Å². The number of benzene rings is 11. The van der Waals surface area contributed by atoms with Crippen LogP contribution in [0.2, 0.25) is 0 Å². The molecule has 0 N–H and O–H groups in total. The van der Waals surface area contributed by atoms with Crippen LogP contribution in [0.3, 0.4) is 0 Å². The second kappa shape index (κ2) is 45.6. The van der Waals surface area contributed by atoms with Crippen LogP contribution in [0.25, 0.3) is 180 Å². The molecule has 0 aliphatic rings. The number of aromatic nitrogens is 13. The Kier molecular flexibility index (Phi) is 33.6. The molecule has 0 bridgehead atoms. The summed E-state index contributed by atoms with van der Waals surface area (Å²) < 4.78 is 26.6. The number of thiophene rings is 4. The summed E-state index contributed by atoms with van der Waals surface area (Å²) in [5.41, 5.74) is 34.1. The summed E-state index contributed by atoms with van der Waals surface area (Å²) >= 11 is 8.70. The molecule has 5 radical (unpaired) electrons. The summed E-state index contributed by atoms with van der Waals surface area (Å²) in [7, 11) is 0. The Labute approximate surface area is 920 Å². The number of pyridine rings is 1. The molecule has 0 saturated heterocycles. The molecule has 0 aliphatic heterocycles. The van der Waals surface area contributed by atoms with Crippen molar-refractivity contribution in [3.63, 3.8) is 0 Å². The minimum atomic E-state index is 0. The predicted molar refractivity (Wildman–Crippen MR) is 572 cm³/mol. The van der Waals surface area contributed by atoms with E-state index in [0.29, 0.717) is 0 Å². The van der Waals surface area contributed by atoms with Gasteiger partial charge in [-0.2, -0.15) is 39.1 Å². The van der Waals surface area contributed by atoms with Crippen molar-refractivity contribution in [2.75, 3.05) is 0 Å². The summed E-state index contributed by atoms with van der Waals surface area (Å²) in [5, 5.41) is 14.3. The van der Waals surface area contributed by atoms with Gasteiger partial charge in [0, 0.05) is 206 Å². The molecule has 24 rings (SSSR count). The fourth-order valence-corrected chi connectivity index (χ4v) is 23.9. The largest absolute Gasteiger partial charge is 0.505 e. The van der Waals surface area contributed by atoms with Gasteiger partial charge in [-0.3, -0.25) is 39.6 Å². The van der Waals surface area contributed by atoms with Crippen LogP contribution < -0.4 is 0 Å². The standard InChI is InChI=1S/C28H21N2OS2.C27H23N2S.C25H20N3S.C20H18N3O.C18H14N3S.5Ir/c1-17-15-18(2)25(19(3)16-17)30-12-11-29-28(30)21-8-4-7-20-24(22-9-5-13-32-22)27(31-26(20)21)23-10-6-14-33-23;1-17-15-18(2)25(19(3)16-17)29-14-13-28-27(29)23-12-8-11-22-24(20(4)30-26(22)23)21-9-6-5-7-10-21;1-16-12-17(2)23(18(3)13-16)28-11-10-27-25(28)21-8-4-6-19-14-22(29-24(19)21)20-7-5-9-26-15-20;1-12-8-13(2)18(14(3)9-12)23-20(21-11-22-23)17-7-5-6-16-10-15(4)24-19(16)17;1-12-6-8-14(9-7-12)21-11-10-19-18(21)15-4-3-5-16-17(15)22-13(2)20-16;;;;;/h4-7,9-16H,1-3H3;5-11,13-16H,1-4H3;4-7,9-15H,1-3H3;5-6,8-11H,1-4H3;3,5-11H,1-2H3;;;;;/q5*-1;;;;;. The molecule has 0 spiro atoms. The van der Waals surface area contributed by atoms with E-state index in [4.69, 9.17) is 23.8 Å². The molecule has 11 aromatic carbocycles. The molecule has 0 aliphatic carbocycles. The molecule has 25 heteroatoms. The Hall–Kier alpha value is -11.9. The number of fused-ring (bicyclic) bond motifs is 5. The van der Waals surface area contributed by atoms with E-state index in [-0.39, 0.29) is 101 Å². The van der Waals surface area contributed by atoms with Gasteiger partial charge in [-0.25, -0.2) is 0 Å². The van der Waals surface area contributed by atoms with Crippen LogP contribution in [0.1, 0.15) is 88.0 Å². The van der Waals surface area contributed by atoms with Gasteiger partial charge in [0.2, 0.25) is 0 Å². The van der Waals surface area contributed by atoms with Gasteiger partial charge in [-0.15, -0.1) is 114 Å². The summed E-state index contributed by atoms with van der Waals surface area (Å²) in [6.07, 6.45) is 20.9. The number of hydrogen-bond donors (Lipinski definition) is 0. The van der Waals surface area contributed by atoms with E-state index in [2.05, 4.69) is 345 Å². The molecule has 0 unspecified atom stereocenters. The maximum Gasteiger partial charge on any atom is 0.139 e. The Morgan fingerprint density at radius 3 is 1.34 bits per heavy atom. The molecule has 0 amide bonds. The summed E-state index contributed by atoms with van der Waals surface area (Å²) in [5.74, 6) is 6.12. The predicted octanol–water partition coefficient (Wildman–Crippen LogP) is 31.7. The third kappa shape index (κ3) is 21.4. The van der Waals surface area contributed by atoms with Crippen molar-refractivity contribution in [1.82, 2.24) is 62.9 Å².